The van der Waals surface area contributed by atoms with Crippen LogP contribution in [-0.2, 0) is 0 Å². The maximum Gasteiger partial charge on any atom is 0.132 e. The highest BCUT2D eigenvalue weighted by molar-refractivity contribution is 14.1. The Bertz CT molecular complexity index is 452. The van der Waals surface area contributed by atoms with Gasteiger partial charge in [-0.25, -0.2) is 0 Å². The Labute approximate surface area is 93.8 Å². The minimum Gasteiger partial charge on any atom is -0.496 e. The summed E-state index contributed by atoms with van der Waals surface area (Å²) in [6, 6.07) is 6.00. The Kier molecular flexibility index (Phi) is 2.33. The number of nitrogens with two attached hydrogens (primary N) is 1. The first-order chi connectivity index (χ1) is 6.22. The van der Waals surface area contributed by atoms with Gasteiger partial charge in [0.15, 0.2) is 0 Å². The van der Waals surface area contributed by atoms with Gasteiger partial charge in [-0.05, 0) is 40.8 Å². The van der Waals surface area contributed by atoms with E-state index in [4.69, 9.17) is 10.5 Å². The normalized spacial score (nSPS) is 10.6. The van der Waals surface area contributed by atoms with Crippen molar-refractivity contribution in [1.29, 1.82) is 0 Å². The van der Waals surface area contributed by atoms with E-state index < -0.39 is 0 Å². The number of hydrogen-bond acceptors (Lipinski definition) is 3. The molecular formula is C9H8INOS. The van der Waals surface area contributed by atoms with E-state index in [0.29, 0.717) is 0 Å². The van der Waals surface area contributed by atoms with E-state index in [1.165, 1.54) is 10.1 Å². The third-order valence-corrected chi connectivity index (χ3v) is 3.88. The van der Waals surface area contributed by atoms with Crippen LogP contribution in [0.25, 0.3) is 10.1 Å². The molecular weight excluding hydrogens is 297 g/mol. The minimum absolute atomic E-state index is 0.848. The van der Waals surface area contributed by atoms with Crippen molar-refractivity contribution in [2.24, 2.45) is 0 Å². The number of hydrogen-bond donors (Lipinski definition) is 1. The lowest BCUT2D eigenvalue weighted by molar-refractivity contribution is 0.412. The van der Waals surface area contributed by atoms with E-state index in [2.05, 4.69) is 22.6 Å². The van der Waals surface area contributed by atoms with Crippen LogP contribution < -0.4 is 10.5 Å². The molecule has 13 heavy (non-hydrogen) atoms. The summed E-state index contributed by atoms with van der Waals surface area (Å²) in [7, 11) is 1.68. The van der Waals surface area contributed by atoms with E-state index in [-0.39, 0.29) is 0 Å². The zero-order valence-corrected chi connectivity index (χ0v) is 9.98. The van der Waals surface area contributed by atoms with Crippen molar-refractivity contribution in [3.63, 3.8) is 0 Å². The fourth-order valence-electron chi connectivity index (χ4n) is 1.24. The Hall–Kier alpha value is -0.490. The highest BCUT2D eigenvalue weighted by atomic mass is 127. The summed E-state index contributed by atoms with van der Waals surface area (Å²) in [6.45, 7) is 0. The average Bonchev–Trinajstić information content (AvgIpc) is 2.47. The van der Waals surface area contributed by atoms with Crippen LogP contribution in [0.15, 0.2) is 18.2 Å². The first kappa shape index (κ1) is 9.08. The topological polar surface area (TPSA) is 35.2 Å². The minimum atomic E-state index is 0.848. The first-order valence-corrected chi connectivity index (χ1v) is 5.63. The van der Waals surface area contributed by atoms with E-state index in [1.54, 1.807) is 18.4 Å². The summed E-state index contributed by atoms with van der Waals surface area (Å²) in [4.78, 5) is 0. The number of nitrogen functional groups attached to an aromatic ring is 1. The summed E-state index contributed by atoms with van der Waals surface area (Å²) in [5.41, 5.74) is 5.73. The number of methoxy groups -OCH3 is 1. The molecule has 4 heteroatoms. The van der Waals surface area contributed by atoms with Gasteiger partial charge in [-0.15, -0.1) is 11.3 Å². The van der Waals surface area contributed by atoms with Crippen LogP contribution in [0.3, 0.4) is 0 Å². The molecule has 0 amide bonds. The molecule has 2 rings (SSSR count). The molecule has 0 aliphatic rings. The van der Waals surface area contributed by atoms with Crippen molar-refractivity contribution < 1.29 is 4.74 Å². The molecule has 1 aromatic heterocycles. The molecule has 0 saturated carbocycles. The molecule has 1 heterocycles. The van der Waals surface area contributed by atoms with Gasteiger partial charge in [0.05, 0.1) is 15.7 Å². The molecule has 0 atom stereocenters. The fraction of sp³-hybridized carbons (Fsp3) is 0.111. The van der Waals surface area contributed by atoms with Gasteiger partial charge in [0, 0.05) is 10.1 Å². The molecule has 2 nitrogen and oxygen atoms in total. The lowest BCUT2D eigenvalue weighted by Gasteiger charge is -2.02. The van der Waals surface area contributed by atoms with Gasteiger partial charge in [0.2, 0.25) is 0 Å². The second kappa shape index (κ2) is 3.34. The van der Waals surface area contributed by atoms with Gasteiger partial charge in [-0.2, -0.15) is 0 Å². The second-order valence-corrected chi connectivity index (χ2v) is 4.84. The van der Waals surface area contributed by atoms with Gasteiger partial charge in [-0.1, -0.05) is 0 Å². The van der Waals surface area contributed by atoms with Gasteiger partial charge in [-0.3, -0.25) is 0 Å². The third-order valence-electron chi connectivity index (χ3n) is 1.84. The molecule has 2 aromatic rings. The average molecular weight is 305 g/mol. The summed E-state index contributed by atoms with van der Waals surface area (Å²) in [5, 5.41) is 2.03. The Morgan fingerprint density at radius 3 is 2.92 bits per heavy atom. The molecule has 68 valence electrons. The maximum absolute atomic E-state index is 5.73. The van der Waals surface area contributed by atoms with Crippen molar-refractivity contribution >= 4 is 49.0 Å². The first-order valence-electron chi connectivity index (χ1n) is 3.74. The molecule has 0 spiro atoms. The number of halogens is 1. The predicted octanol–water partition coefficient (Wildman–Crippen LogP) is 3.10. The van der Waals surface area contributed by atoms with E-state index in [1.807, 2.05) is 18.2 Å². The number of ether oxygens (including phenoxy) is 1. The van der Waals surface area contributed by atoms with Crippen LogP contribution in [0.1, 0.15) is 0 Å². The van der Waals surface area contributed by atoms with Crippen molar-refractivity contribution in [2.45, 2.75) is 0 Å². The molecule has 0 aliphatic heterocycles. The zero-order chi connectivity index (χ0) is 9.42. The smallest absolute Gasteiger partial charge is 0.132 e. The van der Waals surface area contributed by atoms with Crippen molar-refractivity contribution in [3.05, 3.63) is 21.8 Å². The SMILES string of the molecule is COc1ccc2sc(N)cc2c1I. The van der Waals surface area contributed by atoms with Gasteiger partial charge < -0.3 is 10.5 Å². The van der Waals surface area contributed by atoms with Gasteiger partial charge in [0.25, 0.3) is 0 Å². The molecule has 0 fully saturated rings. The Balaban J connectivity index is 2.78. The number of anilines is 1. The summed E-state index contributed by atoms with van der Waals surface area (Å²) in [5.74, 6) is 0.908. The molecule has 0 aliphatic carbocycles. The molecule has 0 radical (unpaired) electrons. The molecule has 1 aromatic carbocycles. The summed E-state index contributed by atoms with van der Waals surface area (Å²) < 4.78 is 7.56. The highest BCUT2D eigenvalue weighted by Crippen LogP contribution is 2.35. The van der Waals surface area contributed by atoms with E-state index in [0.717, 1.165) is 14.3 Å². The lowest BCUT2D eigenvalue weighted by Crippen LogP contribution is -1.85. The van der Waals surface area contributed by atoms with Gasteiger partial charge >= 0.3 is 0 Å². The van der Waals surface area contributed by atoms with Crippen LogP contribution in [0.4, 0.5) is 5.00 Å². The van der Waals surface area contributed by atoms with Crippen LogP contribution in [0.2, 0.25) is 0 Å². The van der Waals surface area contributed by atoms with Crippen molar-refractivity contribution in [2.75, 3.05) is 12.8 Å². The van der Waals surface area contributed by atoms with Crippen molar-refractivity contribution in [1.82, 2.24) is 0 Å². The quantitative estimate of drug-likeness (QED) is 0.822. The lowest BCUT2D eigenvalue weighted by atomic mass is 10.2. The fourth-order valence-corrected chi connectivity index (χ4v) is 3.10. The zero-order valence-electron chi connectivity index (χ0n) is 7.00. The van der Waals surface area contributed by atoms with Crippen molar-refractivity contribution in [3.8, 4) is 5.75 Å². The molecule has 0 unspecified atom stereocenters. The number of benzene rings is 1. The summed E-state index contributed by atoms with van der Waals surface area (Å²) >= 11 is 3.88. The molecule has 2 N–H and O–H groups in total. The van der Waals surface area contributed by atoms with Crippen LogP contribution in [0.5, 0.6) is 5.75 Å². The predicted molar refractivity (Wildman–Crippen MR) is 65.5 cm³/mol. The highest BCUT2D eigenvalue weighted by Gasteiger charge is 2.07. The van der Waals surface area contributed by atoms with Crippen LogP contribution >= 0.6 is 33.9 Å². The van der Waals surface area contributed by atoms with Gasteiger partial charge in [0.1, 0.15) is 5.75 Å². The van der Waals surface area contributed by atoms with Crippen LogP contribution in [-0.4, -0.2) is 7.11 Å². The maximum atomic E-state index is 5.73. The Morgan fingerprint density at radius 1 is 1.46 bits per heavy atom. The number of thiophene rings is 1. The largest absolute Gasteiger partial charge is 0.496 e. The monoisotopic (exact) mass is 305 g/mol. The third kappa shape index (κ3) is 1.48. The standard InChI is InChI=1S/C9H8INOS/c1-12-6-2-3-7-5(9(6)10)4-8(11)13-7/h2-4H,11H2,1H3. The molecule has 0 bridgehead atoms. The summed E-state index contributed by atoms with van der Waals surface area (Å²) in [6.07, 6.45) is 0. The number of fused-ring (bicyclic) bond motifs is 1. The number of rotatable bonds is 1. The van der Waals surface area contributed by atoms with Crippen LogP contribution in [0, 0.1) is 3.57 Å². The molecule has 0 saturated heterocycles. The van der Waals surface area contributed by atoms with E-state index in [9.17, 15) is 0 Å². The Morgan fingerprint density at radius 2 is 2.23 bits per heavy atom. The second-order valence-electron chi connectivity index (χ2n) is 2.64. The van der Waals surface area contributed by atoms with E-state index >= 15 is 0 Å².